The highest BCUT2D eigenvalue weighted by molar-refractivity contribution is 5.93. The van der Waals surface area contributed by atoms with Crippen LogP contribution in [0.4, 0.5) is 0 Å². The Labute approximate surface area is 150 Å². The molecule has 0 saturated heterocycles. The monoisotopic (exact) mass is 374 g/mol. The van der Waals surface area contributed by atoms with E-state index in [1.807, 2.05) is 13.8 Å². The van der Waals surface area contributed by atoms with Gasteiger partial charge in [0.05, 0.1) is 12.5 Å². The lowest BCUT2D eigenvalue weighted by Gasteiger charge is -2.22. The third-order valence-electron chi connectivity index (χ3n) is 3.36. The fraction of sp³-hybridized carbons (Fsp3) is 0.667. The van der Waals surface area contributed by atoms with Gasteiger partial charge in [0.25, 0.3) is 0 Å². The molecule has 0 bridgehead atoms. The van der Waals surface area contributed by atoms with E-state index < -0.39 is 60.6 Å². The number of carboxylic acids is 2. The van der Waals surface area contributed by atoms with Gasteiger partial charge in [0.2, 0.25) is 17.7 Å². The van der Waals surface area contributed by atoms with Crippen LogP contribution in [-0.2, 0) is 24.0 Å². The number of nitrogens with one attached hydrogen (secondary N) is 2. The SMILES string of the molecule is CC(C)CC(N)C(=O)NC(CCC(=O)O)C(=O)NC(CC(N)=O)C(=O)O. The van der Waals surface area contributed by atoms with Gasteiger partial charge in [-0.1, -0.05) is 13.8 Å². The van der Waals surface area contributed by atoms with Gasteiger partial charge in [0, 0.05) is 6.42 Å². The van der Waals surface area contributed by atoms with Crippen LogP contribution in [-0.4, -0.2) is 58.0 Å². The minimum atomic E-state index is -1.59. The summed E-state index contributed by atoms with van der Waals surface area (Å²) in [6.07, 6.45) is -1.01. The largest absolute Gasteiger partial charge is 0.481 e. The molecule has 0 rings (SSSR count). The second-order valence-corrected chi connectivity index (χ2v) is 6.30. The number of nitrogens with two attached hydrogens (primary N) is 2. The average Bonchev–Trinajstić information content (AvgIpc) is 2.48. The molecule has 0 spiro atoms. The van der Waals surface area contributed by atoms with Crippen molar-refractivity contribution in [3.63, 3.8) is 0 Å². The Morgan fingerprint density at radius 1 is 0.962 bits per heavy atom. The molecule has 8 N–H and O–H groups in total. The van der Waals surface area contributed by atoms with Crippen LogP contribution >= 0.6 is 0 Å². The molecule has 26 heavy (non-hydrogen) atoms. The summed E-state index contributed by atoms with van der Waals surface area (Å²) in [5.41, 5.74) is 10.7. The molecule has 0 aliphatic carbocycles. The van der Waals surface area contributed by atoms with E-state index in [9.17, 15) is 24.0 Å². The number of hydrogen-bond donors (Lipinski definition) is 6. The predicted octanol–water partition coefficient (Wildman–Crippen LogP) is -1.85. The van der Waals surface area contributed by atoms with Crippen LogP contribution in [0.5, 0.6) is 0 Å². The molecule has 0 radical (unpaired) electrons. The number of carbonyl (C=O) groups excluding carboxylic acids is 3. The number of aliphatic carboxylic acids is 2. The van der Waals surface area contributed by atoms with Crippen LogP contribution in [0.3, 0.4) is 0 Å². The molecule has 3 amide bonds. The second-order valence-electron chi connectivity index (χ2n) is 6.30. The molecule has 0 heterocycles. The quantitative estimate of drug-likeness (QED) is 0.228. The highest BCUT2D eigenvalue weighted by Gasteiger charge is 2.29. The molecule has 0 aromatic carbocycles. The van der Waals surface area contributed by atoms with E-state index in [-0.39, 0.29) is 12.3 Å². The lowest BCUT2D eigenvalue weighted by molar-refractivity contribution is -0.144. The summed E-state index contributed by atoms with van der Waals surface area (Å²) in [6, 6.07) is -3.81. The fourth-order valence-corrected chi connectivity index (χ4v) is 2.10. The van der Waals surface area contributed by atoms with Crippen LogP contribution < -0.4 is 22.1 Å². The van der Waals surface area contributed by atoms with E-state index in [0.717, 1.165) is 0 Å². The highest BCUT2D eigenvalue weighted by atomic mass is 16.4. The van der Waals surface area contributed by atoms with E-state index in [1.54, 1.807) is 0 Å². The molecule has 148 valence electrons. The summed E-state index contributed by atoms with van der Waals surface area (Å²) in [7, 11) is 0. The number of hydrogen-bond acceptors (Lipinski definition) is 6. The molecule has 11 nitrogen and oxygen atoms in total. The summed E-state index contributed by atoms with van der Waals surface area (Å²) in [4.78, 5) is 57.1. The van der Waals surface area contributed by atoms with E-state index in [4.69, 9.17) is 21.7 Å². The molecule has 0 fully saturated rings. The maximum Gasteiger partial charge on any atom is 0.326 e. The molecule has 11 heteroatoms. The van der Waals surface area contributed by atoms with Crippen LogP contribution in [0.2, 0.25) is 0 Å². The highest BCUT2D eigenvalue weighted by Crippen LogP contribution is 2.05. The van der Waals surface area contributed by atoms with Crippen molar-refractivity contribution in [1.82, 2.24) is 10.6 Å². The van der Waals surface area contributed by atoms with Crippen molar-refractivity contribution < 1.29 is 34.2 Å². The third kappa shape index (κ3) is 9.57. The van der Waals surface area contributed by atoms with E-state index >= 15 is 0 Å². The van der Waals surface area contributed by atoms with E-state index in [2.05, 4.69) is 10.6 Å². The van der Waals surface area contributed by atoms with Gasteiger partial charge in [-0.25, -0.2) is 4.79 Å². The Kier molecular flexibility index (Phi) is 9.89. The number of carboxylic acid groups (broad SMARTS) is 2. The fourth-order valence-electron chi connectivity index (χ4n) is 2.10. The summed E-state index contributed by atoms with van der Waals surface area (Å²) < 4.78 is 0. The van der Waals surface area contributed by atoms with Gasteiger partial charge in [-0.2, -0.15) is 0 Å². The normalized spacial score (nSPS) is 14.2. The maximum absolute atomic E-state index is 12.3. The smallest absolute Gasteiger partial charge is 0.326 e. The molecule has 0 aromatic heterocycles. The van der Waals surface area contributed by atoms with Gasteiger partial charge >= 0.3 is 11.9 Å². The Morgan fingerprint density at radius 2 is 1.50 bits per heavy atom. The van der Waals surface area contributed by atoms with Crippen molar-refractivity contribution in [2.45, 2.75) is 57.7 Å². The zero-order chi connectivity index (χ0) is 20.4. The van der Waals surface area contributed by atoms with Crippen molar-refractivity contribution in [3.8, 4) is 0 Å². The summed E-state index contributed by atoms with van der Waals surface area (Å²) >= 11 is 0. The lowest BCUT2D eigenvalue weighted by Crippen LogP contribution is -2.55. The molecule has 3 atom stereocenters. The third-order valence-corrected chi connectivity index (χ3v) is 3.36. The van der Waals surface area contributed by atoms with Crippen LogP contribution in [0.25, 0.3) is 0 Å². The number of amides is 3. The first-order chi connectivity index (χ1) is 11.9. The van der Waals surface area contributed by atoms with Crippen molar-refractivity contribution >= 4 is 29.7 Å². The molecule has 0 aromatic rings. The zero-order valence-corrected chi connectivity index (χ0v) is 14.7. The average molecular weight is 374 g/mol. The van der Waals surface area contributed by atoms with Crippen molar-refractivity contribution in [3.05, 3.63) is 0 Å². The summed E-state index contributed by atoms with van der Waals surface area (Å²) in [5.74, 6) is -5.11. The predicted molar refractivity (Wildman–Crippen MR) is 89.6 cm³/mol. The first kappa shape index (κ1) is 23.3. The Morgan fingerprint density at radius 3 is 1.92 bits per heavy atom. The first-order valence-electron chi connectivity index (χ1n) is 8.03. The van der Waals surface area contributed by atoms with Crippen LogP contribution in [0.15, 0.2) is 0 Å². The number of rotatable bonds is 12. The van der Waals surface area contributed by atoms with Gasteiger partial charge in [-0.15, -0.1) is 0 Å². The Balaban J connectivity index is 5.11. The number of primary amides is 1. The minimum absolute atomic E-state index is 0.119. The standard InChI is InChI=1S/C15H26N4O7/c1-7(2)5-8(16)13(23)18-9(3-4-12(21)22)14(24)19-10(15(25)26)6-11(17)20/h7-10H,3-6,16H2,1-2H3,(H2,17,20)(H,18,23)(H,19,24)(H,21,22)(H,25,26). The zero-order valence-electron chi connectivity index (χ0n) is 14.7. The molecule has 0 aliphatic rings. The van der Waals surface area contributed by atoms with Gasteiger partial charge in [-0.3, -0.25) is 19.2 Å². The molecular formula is C15H26N4O7. The molecule has 0 saturated carbocycles. The van der Waals surface area contributed by atoms with Crippen molar-refractivity contribution in [1.29, 1.82) is 0 Å². The second kappa shape index (κ2) is 11.0. The molecule has 3 unspecified atom stereocenters. The summed E-state index contributed by atoms with van der Waals surface area (Å²) in [6.45, 7) is 3.70. The Bertz CT molecular complexity index is 550. The van der Waals surface area contributed by atoms with Gasteiger partial charge in [0.1, 0.15) is 12.1 Å². The van der Waals surface area contributed by atoms with Gasteiger partial charge in [-0.05, 0) is 18.8 Å². The van der Waals surface area contributed by atoms with Crippen molar-refractivity contribution in [2.24, 2.45) is 17.4 Å². The van der Waals surface area contributed by atoms with Crippen molar-refractivity contribution in [2.75, 3.05) is 0 Å². The van der Waals surface area contributed by atoms with Crippen LogP contribution in [0, 0.1) is 5.92 Å². The van der Waals surface area contributed by atoms with E-state index in [0.29, 0.717) is 6.42 Å². The maximum atomic E-state index is 12.3. The first-order valence-corrected chi connectivity index (χ1v) is 8.03. The van der Waals surface area contributed by atoms with E-state index in [1.165, 1.54) is 0 Å². The molecular weight excluding hydrogens is 348 g/mol. The van der Waals surface area contributed by atoms with Crippen LogP contribution in [0.1, 0.15) is 39.5 Å². The topological polar surface area (TPSA) is 202 Å². The Hall–Kier alpha value is -2.69. The molecule has 0 aliphatic heterocycles. The van der Waals surface area contributed by atoms with Gasteiger partial charge in [0.15, 0.2) is 0 Å². The minimum Gasteiger partial charge on any atom is -0.481 e. The van der Waals surface area contributed by atoms with Gasteiger partial charge < -0.3 is 32.3 Å². The summed E-state index contributed by atoms with van der Waals surface area (Å²) in [5, 5.41) is 22.2. The lowest BCUT2D eigenvalue weighted by atomic mass is 10.0. The number of carbonyl (C=O) groups is 5.